The second-order valence-corrected chi connectivity index (χ2v) is 6.18. The normalized spacial score (nSPS) is 19.5. The van der Waals surface area contributed by atoms with E-state index in [1.54, 1.807) is 0 Å². The van der Waals surface area contributed by atoms with Crippen LogP contribution in [-0.2, 0) is 0 Å². The predicted molar refractivity (Wildman–Crippen MR) is 92.3 cm³/mol. The number of aliphatic hydroxyl groups is 1. The second kappa shape index (κ2) is 8.82. The van der Waals surface area contributed by atoms with Gasteiger partial charge in [-0.1, -0.05) is 6.92 Å². The summed E-state index contributed by atoms with van der Waals surface area (Å²) in [5.74, 6) is -0.296. The predicted octanol–water partition coefficient (Wildman–Crippen LogP) is 1.73. The number of anilines is 1. The Kier molecular flexibility index (Phi) is 6.78. The highest BCUT2D eigenvalue weighted by molar-refractivity contribution is 5.80. The zero-order valence-electron chi connectivity index (χ0n) is 14.2. The average molecular weight is 340 g/mol. The van der Waals surface area contributed by atoms with E-state index in [1.165, 1.54) is 12.1 Å². The average Bonchev–Trinajstić information content (AvgIpc) is 3.00. The summed E-state index contributed by atoms with van der Waals surface area (Å²) in [7, 11) is 0. The van der Waals surface area contributed by atoms with E-state index in [-0.39, 0.29) is 18.6 Å². The molecule has 2 rings (SSSR count). The van der Waals surface area contributed by atoms with Gasteiger partial charge in [0.1, 0.15) is 11.6 Å². The van der Waals surface area contributed by atoms with Gasteiger partial charge < -0.3 is 20.6 Å². The topological polar surface area (TPSA) is 59.9 Å². The molecule has 0 aliphatic carbocycles. The van der Waals surface area contributed by atoms with Crippen LogP contribution in [0.15, 0.2) is 23.2 Å². The van der Waals surface area contributed by atoms with Crippen molar-refractivity contribution in [3.8, 4) is 0 Å². The minimum absolute atomic E-state index is 0.101. The molecule has 1 aliphatic heterocycles. The standard InChI is InChI=1S/C17H26F2N4O/c1-3-20-17(21-9-12(2)11-24)22-14-6-7-23(10-14)16-5-4-13(18)8-15(16)19/h4-5,8,12,14,24H,3,6-7,9-11H2,1-2H3,(H2,20,21,22). The number of rotatable bonds is 6. The van der Waals surface area contributed by atoms with Crippen LogP contribution in [0.1, 0.15) is 20.3 Å². The third kappa shape index (κ3) is 5.06. The zero-order valence-corrected chi connectivity index (χ0v) is 14.2. The molecule has 3 N–H and O–H groups in total. The number of hydrogen-bond acceptors (Lipinski definition) is 3. The number of aliphatic hydroxyl groups excluding tert-OH is 1. The van der Waals surface area contributed by atoms with Crippen molar-refractivity contribution >= 4 is 11.6 Å². The zero-order chi connectivity index (χ0) is 17.5. The van der Waals surface area contributed by atoms with Crippen LogP contribution in [0.25, 0.3) is 0 Å². The first-order valence-corrected chi connectivity index (χ1v) is 8.39. The lowest BCUT2D eigenvalue weighted by atomic mass is 10.2. The first kappa shape index (κ1) is 18.4. The van der Waals surface area contributed by atoms with Gasteiger partial charge in [0.2, 0.25) is 0 Å². The molecule has 7 heteroatoms. The molecule has 134 valence electrons. The maximum absolute atomic E-state index is 13.9. The molecule has 1 fully saturated rings. The van der Waals surface area contributed by atoms with Crippen LogP contribution in [0.2, 0.25) is 0 Å². The molecule has 24 heavy (non-hydrogen) atoms. The third-order valence-electron chi connectivity index (χ3n) is 4.00. The summed E-state index contributed by atoms with van der Waals surface area (Å²) in [6.45, 7) is 6.62. The van der Waals surface area contributed by atoms with Crippen LogP contribution in [-0.4, -0.2) is 49.9 Å². The van der Waals surface area contributed by atoms with Crippen molar-refractivity contribution in [2.24, 2.45) is 10.9 Å². The van der Waals surface area contributed by atoms with Crippen molar-refractivity contribution < 1.29 is 13.9 Å². The maximum Gasteiger partial charge on any atom is 0.191 e. The Morgan fingerprint density at radius 3 is 2.92 bits per heavy atom. The molecule has 5 nitrogen and oxygen atoms in total. The van der Waals surface area contributed by atoms with Crippen LogP contribution >= 0.6 is 0 Å². The first-order chi connectivity index (χ1) is 11.5. The molecule has 0 bridgehead atoms. The van der Waals surface area contributed by atoms with Crippen LogP contribution in [0.4, 0.5) is 14.5 Å². The quantitative estimate of drug-likeness (QED) is 0.545. The molecule has 1 aromatic rings. The number of halogens is 2. The van der Waals surface area contributed by atoms with E-state index in [4.69, 9.17) is 5.11 Å². The fourth-order valence-corrected chi connectivity index (χ4v) is 2.65. The van der Waals surface area contributed by atoms with Gasteiger partial charge in [0.05, 0.1) is 5.69 Å². The van der Waals surface area contributed by atoms with Gasteiger partial charge in [-0.05, 0) is 31.4 Å². The molecule has 0 spiro atoms. The third-order valence-corrected chi connectivity index (χ3v) is 4.00. The van der Waals surface area contributed by atoms with Crippen LogP contribution in [0.3, 0.4) is 0 Å². The molecule has 1 aromatic carbocycles. The monoisotopic (exact) mass is 340 g/mol. The number of hydrogen-bond donors (Lipinski definition) is 3. The molecule has 2 unspecified atom stereocenters. The molecule has 2 atom stereocenters. The summed E-state index contributed by atoms with van der Waals surface area (Å²) in [5.41, 5.74) is 0.427. The largest absolute Gasteiger partial charge is 0.396 e. The Morgan fingerprint density at radius 1 is 1.46 bits per heavy atom. The van der Waals surface area contributed by atoms with Gasteiger partial charge in [-0.2, -0.15) is 0 Å². The summed E-state index contributed by atoms with van der Waals surface area (Å²) in [4.78, 5) is 6.38. The smallest absolute Gasteiger partial charge is 0.191 e. The van der Waals surface area contributed by atoms with Gasteiger partial charge in [0.15, 0.2) is 5.96 Å². The molecule has 1 heterocycles. The minimum atomic E-state index is -0.565. The van der Waals surface area contributed by atoms with E-state index in [1.807, 2.05) is 18.7 Å². The Morgan fingerprint density at radius 2 is 2.25 bits per heavy atom. The summed E-state index contributed by atoms with van der Waals surface area (Å²) in [6, 6.07) is 3.81. The number of nitrogens with zero attached hydrogens (tertiary/aromatic N) is 2. The van der Waals surface area contributed by atoms with E-state index in [0.717, 1.165) is 19.0 Å². The number of benzene rings is 1. The van der Waals surface area contributed by atoms with E-state index in [2.05, 4.69) is 15.6 Å². The molecule has 0 saturated carbocycles. The van der Waals surface area contributed by atoms with Crippen molar-refractivity contribution in [3.63, 3.8) is 0 Å². The molecule has 0 amide bonds. The summed E-state index contributed by atoms with van der Waals surface area (Å²) < 4.78 is 26.9. The second-order valence-electron chi connectivity index (χ2n) is 6.18. The molecule has 0 radical (unpaired) electrons. The summed E-state index contributed by atoms with van der Waals surface area (Å²) in [5, 5.41) is 15.6. The van der Waals surface area contributed by atoms with E-state index >= 15 is 0 Å². The number of guanidine groups is 1. The lowest BCUT2D eigenvalue weighted by Crippen LogP contribution is -2.45. The number of nitrogens with one attached hydrogen (secondary N) is 2. The van der Waals surface area contributed by atoms with Crippen molar-refractivity contribution in [2.75, 3.05) is 37.7 Å². The number of aliphatic imine (C=N–C) groups is 1. The maximum atomic E-state index is 13.9. The van der Waals surface area contributed by atoms with Crippen molar-refractivity contribution in [3.05, 3.63) is 29.8 Å². The van der Waals surface area contributed by atoms with Gasteiger partial charge in [0, 0.05) is 44.9 Å². The van der Waals surface area contributed by atoms with E-state index in [9.17, 15) is 8.78 Å². The lowest BCUT2D eigenvalue weighted by Gasteiger charge is -2.21. The van der Waals surface area contributed by atoms with Gasteiger partial charge in [-0.3, -0.25) is 4.99 Å². The Bertz CT molecular complexity index is 568. The molecular formula is C17H26F2N4O. The molecule has 1 aliphatic rings. The lowest BCUT2D eigenvalue weighted by molar-refractivity contribution is 0.241. The van der Waals surface area contributed by atoms with Crippen LogP contribution in [0.5, 0.6) is 0 Å². The Balaban J connectivity index is 1.96. The van der Waals surface area contributed by atoms with Gasteiger partial charge in [-0.25, -0.2) is 8.78 Å². The SMILES string of the molecule is CCNC(=NCC(C)CO)NC1CCN(c2ccc(F)cc2F)C1. The highest BCUT2D eigenvalue weighted by atomic mass is 19.1. The fraction of sp³-hybridized carbons (Fsp3) is 0.588. The van der Waals surface area contributed by atoms with E-state index < -0.39 is 11.6 Å². The first-order valence-electron chi connectivity index (χ1n) is 8.39. The van der Waals surface area contributed by atoms with Crippen molar-refractivity contribution in [1.29, 1.82) is 0 Å². The minimum Gasteiger partial charge on any atom is -0.396 e. The van der Waals surface area contributed by atoms with Crippen LogP contribution < -0.4 is 15.5 Å². The van der Waals surface area contributed by atoms with Gasteiger partial charge >= 0.3 is 0 Å². The Hall–Kier alpha value is -1.89. The molecule has 1 saturated heterocycles. The Labute approximate surface area is 141 Å². The highest BCUT2D eigenvalue weighted by Crippen LogP contribution is 2.24. The van der Waals surface area contributed by atoms with Gasteiger partial charge in [0.25, 0.3) is 0 Å². The summed E-state index contributed by atoms with van der Waals surface area (Å²) in [6.07, 6.45) is 0.844. The fourth-order valence-electron chi connectivity index (χ4n) is 2.65. The van der Waals surface area contributed by atoms with Gasteiger partial charge in [-0.15, -0.1) is 0 Å². The van der Waals surface area contributed by atoms with Crippen molar-refractivity contribution in [1.82, 2.24) is 10.6 Å². The summed E-state index contributed by atoms with van der Waals surface area (Å²) >= 11 is 0. The molecule has 0 aromatic heterocycles. The molecular weight excluding hydrogens is 314 g/mol. The van der Waals surface area contributed by atoms with Crippen LogP contribution in [0, 0.1) is 17.6 Å². The van der Waals surface area contributed by atoms with E-state index in [0.29, 0.717) is 31.3 Å². The van der Waals surface area contributed by atoms with Crippen molar-refractivity contribution in [2.45, 2.75) is 26.3 Å². The highest BCUT2D eigenvalue weighted by Gasteiger charge is 2.25.